The van der Waals surface area contributed by atoms with Crippen LogP contribution in [0.5, 0.6) is 0 Å². The number of hydrogen-bond donors (Lipinski definition) is 2. The zero-order valence-electron chi connectivity index (χ0n) is 10.2. The molecule has 0 aliphatic carbocycles. The third-order valence-corrected chi connectivity index (χ3v) is 3.53. The summed E-state index contributed by atoms with van der Waals surface area (Å²) in [6, 6.07) is 7.89. The van der Waals surface area contributed by atoms with Gasteiger partial charge in [-0.25, -0.2) is 0 Å². The molecule has 1 aromatic rings. The molecule has 0 aromatic heterocycles. The maximum absolute atomic E-state index is 11.0. The Morgan fingerprint density at radius 1 is 1.33 bits per heavy atom. The van der Waals surface area contributed by atoms with Crippen LogP contribution in [0.15, 0.2) is 24.3 Å². The molecule has 0 spiro atoms. The van der Waals surface area contributed by atoms with Gasteiger partial charge < -0.3 is 11.5 Å². The minimum absolute atomic E-state index is 0.0822. The van der Waals surface area contributed by atoms with Crippen molar-refractivity contribution in [1.29, 1.82) is 0 Å². The van der Waals surface area contributed by atoms with E-state index in [2.05, 4.69) is 0 Å². The average molecular weight is 268 g/mol. The minimum atomic E-state index is -0.307. The SMILES string of the molecule is NC(=O)CN1CC(N)CC(c2ccc(Cl)cc2)C1. The van der Waals surface area contributed by atoms with E-state index in [1.807, 2.05) is 29.2 Å². The largest absolute Gasteiger partial charge is 0.369 e. The molecule has 0 radical (unpaired) electrons. The Bertz CT molecular complexity index is 421. The summed E-state index contributed by atoms with van der Waals surface area (Å²) in [5, 5.41) is 0.729. The van der Waals surface area contributed by atoms with Crippen molar-refractivity contribution in [3.05, 3.63) is 34.9 Å². The summed E-state index contributed by atoms with van der Waals surface area (Å²) in [5.74, 6) is 0.0318. The number of primary amides is 1. The molecule has 1 saturated heterocycles. The third-order valence-electron chi connectivity index (χ3n) is 3.28. The van der Waals surface area contributed by atoms with Gasteiger partial charge in [0, 0.05) is 24.2 Å². The number of benzene rings is 1. The molecule has 4 nitrogen and oxygen atoms in total. The normalized spacial score (nSPS) is 25.0. The van der Waals surface area contributed by atoms with E-state index in [1.54, 1.807) is 0 Å². The number of likely N-dealkylation sites (tertiary alicyclic amines) is 1. The van der Waals surface area contributed by atoms with E-state index >= 15 is 0 Å². The van der Waals surface area contributed by atoms with E-state index in [0.29, 0.717) is 5.92 Å². The van der Waals surface area contributed by atoms with E-state index in [0.717, 1.165) is 24.5 Å². The molecule has 2 atom stereocenters. The van der Waals surface area contributed by atoms with Crippen molar-refractivity contribution < 1.29 is 4.79 Å². The third kappa shape index (κ3) is 3.45. The van der Waals surface area contributed by atoms with Crippen LogP contribution in [0.3, 0.4) is 0 Å². The van der Waals surface area contributed by atoms with Gasteiger partial charge in [-0.05, 0) is 30.0 Å². The number of nitrogens with two attached hydrogens (primary N) is 2. The Morgan fingerprint density at radius 2 is 2.00 bits per heavy atom. The van der Waals surface area contributed by atoms with Gasteiger partial charge in [0.15, 0.2) is 0 Å². The average Bonchev–Trinajstić information content (AvgIpc) is 2.28. The quantitative estimate of drug-likeness (QED) is 0.856. The van der Waals surface area contributed by atoms with Gasteiger partial charge in [-0.1, -0.05) is 23.7 Å². The fraction of sp³-hybridized carbons (Fsp3) is 0.462. The van der Waals surface area contributed by atoms with Gasteiger partial charge >= 0.3 is 0 Å². The number of rotatable bonds is 3. The van der Waals surface area contributed by atoms with E-state index in [-0.39, 0.29) is 18.5 Å². The first kappa shape index (κ1) is 13.3. The maximum atomic E-state index is 11.0. The van der Waals surface area contributed by atoms with Crippen molar-refractivity contribution in [2.75, 3.05) is 19.6 Å². The van der Waals surface area contributed by atoms with Crippen molar-refractivity contribution >= 4 is 17.5 Å². The number of halogens is 1. The van der Waals surface area contributed by atoms with Crippen LogP contribution in [0.2, 0.25) is 5.02 Å². The van der Waals surface area contributed by atoms with Crippen LogP contribution in [0.1, 0.15) is 17.9 Å². The monoisotopic (exact) mass is 267 g/mol. The van der Waals surface area contributed by atoms with Crippen LogP contribution >= 0.6 is 11.6 Å². The zero-order valence-corrected chi connectivity index (χ0v) is 10.9. The fourth-order valence-electron chi connectivity index (χ4n) is 2.56. The predicted molar refractivity (Wildman–Crippen MR) is 72.4 cm³/mol. The van der Waals surface area contributed by atoms with Crippen LogP contribution < -0.4 is 11.5 Å². The highest BCUT2D eigenvalue weighted by atomic mass is 35.5. The van der Waals surface area contributed by atoms with Gasteiger partial charge in [0.05, 0.1) is 6.54 Å². The highest BCUT2D eigenvalue weighted by Crippen LogP contribution is 2.27. The lowest BCUT2D eigenvalue weighted by molar-refractivity contribution is -0.119. The van der Waals surface area contributed by atoms with Crippen LogP contribution in [-0.4, -0.2) is 36.5 Å². The number of piperidine rings is 1. The molecule has 98 valence electrons. The van der Waals surface area contributed by atoms with Gasteiger partial charge in [-0.15, -0.1) is 0 Å². The Morgan fingerprint density at radius 3 is 2.61 bits per heavy atom. The topological polar surface area (TPSA) is 72.4 Å². The molecule has 2 unspecified atom stereocenters. The fourth-order valence-corrected chi connectivity index (χ4v) is 2.68. The van der Waals surface area contributed by atoms with E-state index in [9.17, 15) is 4.79 Å². The summed E-state index contributed by atoms with van der Waals surface area (Å²) in [6.07, 6.45) is 0.927. The van der Waals surface area contributed by atoms with Crippen LogP contribution in [-0.2, 0) is 4.79 Å². The summed E-state index contributed by atoms with van der Waals surface area (Å²) in [6.45, 7) is 1.82. The minimum Gasteiger partial charge on any atom is -0.369 e. The van der Waals surface area contributed by atoms with Gasteiger partial charge in [0.1, 0.15) is 0 Å². The van der Waals surface area contributed by atoms with Crippen molar-refractivity contribution in [2.24, 2.45) is 11.5 Å². The van der Waals surface area contributed by atoms with Crippen molar-refractivity contribution in [2.45, 2.75) is 18.4 Å². The Hall–Kier alpha value is -1.10. The summed E-state index contributed by atoms with van der Waals surface area (Å²) in [5.41, 5.74) is 12.5. The summed E-state index contributed by atoms with van der Waals surface area (Å²) >= 11 is 5.88. The first-order valence-corrected chi connectivity index (χ1v) is 6.44. The van der Waals surface area contributed by atoms with Crippen molar-refractivity contribution in [3.8, 4) is 0 Å². The van der Waals surface area contributed by atoms with E-state index in [1.165, 1.54) is 5.56 Å². The van der Waals surface area contributed by atoms with Crippen LogP contribution in [0.25, 0.3) is 0 Å². The lowest BCUT2D eigenvalue weighted by atomic mass is 9.88. The molecular formula is C13H18ClN3O. The predicted octanol–water partition coefficient (Wildman–Crippen LogP) is 0.942. The maximum Gasteiger partial charge on any atom is 0.231 e. The van der Waals surface area contributed by atoms with Gasteiger partial charge in [-0.2, -0.15) is 0 Å². The highest BCUT2D eigenvalue weighted by Gasteiger charge is 2.26. The summed E-state index contributed by atoms with van der Waals surface area (Å²) in [4.78, 5) is 13.0. The van der Waals surface area contributed by atoms with Crippen LogP contribution in [0, 0.1) is 0 Å². The first-order chi connectivity index (χ1) is 8.54. The second-order valence-corrected chi connectivity index (χ2v) is 5.34. The number of amides is 1. The molecule has 5 heteroatoms. The lowest BCUT2D eigenvalue weighted by Gasteiger charge is -2.35. The standard InChI is InChI=1S/C13H18ClN3O/c14-11-3-1-9(2-4-11)10-5-12(15)7-17(6-10)8-13(16)18/h1-4,10,12H,5-8,15H2,(H2,16,18). The summed E-state index contributed by atoms with van der Waals surface area (Å²) < 4.78 is 0. The molecule has 4 N–H and O–H groups in total. The number of nitrogens with zero attached hydrogens (tertiary/aromatic N) is 1. The Kier molecular flexibility index (Phi) is 4.22. The first-order valence-electron chi connectivity index (χ1n) is 6.06. The molecule has 1 aliphatic rings. The number of hydrogen-bond acceptors (Lipinski definition) is 3. The Balaban J connectivity index is 2.08. The van der Waals surface area contributed by atoms with E-state index in [4.69, 9.17) is 23.1 Å². The van der Waals surface area contributed by atoms with Crippen molar-refractivity contribution in [1.82, 2.24) is 4.90 Å². The molecule has 1 heterocycles. The smallest absolute Gasteiger partial charge is 0.231 e. The van der Waals surface area contributed by atoms with Gasteiger partial charge in [-0.3, -0.25) is 9.69 Å². The van der Waals surface area contributed by atoms with Crippen LogP contribution in [0.4, 0.5) is 0 Å². The molecule has 0 saturated carbocycles. The molecule has 1 amide bonds. The molecule has 18 heavy (non-hydrogen) atoms. The molecule has 1 aromatic carbocycles. The lowest BCUT2D eigenvalue weighted by Crippen LogP contribution is -2.48. The summed E-state index contributed by atoms with van der Waals surface area (Å²) in [7, 11) is 0. The molecule has 0 bridgehead atoms. The Labute approximate surface area is 112 Å². The van der Waals surface area contributed by atoms with Gasteiger partial charge in [0.25, 0.3) is 0 Å². The zero-order chi connectivity index (χ0) is 13.1. The molecule has 2 rings (SSSR count). The number of carbonyl (C=O) groups is 1. The second kappa shape index (κ2) is 5.69. The van der Waals surface area contributed by atoms with Gasteiger partial charge in [0.2, 0.25) is 5.91 Å². The molecule has 1 fully saturated rings. The molecular weight excluding hydrogens is 250 g/mol. The van der Waals surface area contributed by atoms with Crippen molar-refractivity contribution in [3.63, 3.8) is 0 Å². The molecule has 1 aliphatic heterocycles. The van der Waals surface area contributed by atoms with E-state index < -0.39 is 0 Å². The second-order valence-electron chi connectivity index (χ2n) is 4.90. The highest BCUT2D eigenvalue weighted by molar-refractivity contribution is 6.30. The number of carbonyl (C=O) groups excluding carboxylic acids is 1.